The monoisotopic (exact) mass is 336 g/mol. The minimum Gasteiger partial charge on any atom is -0.329 e. The molecule has 1 aromatic rings. The van der Waals surface area contributed by atoms with Gasteiger partial charge in [-0.25, -0.2) is 0 Å². The Balaban J connectivity index is 1.96. The third-order valence-electron chi connectivity index (χ3n) is 4.06. The number of carbonyl (C=O) groups excluding carboxylic acids is 2. The van der Waals surface area contributed by atoms with Crippen molar-refractivity contribution in [2.75, 3.05) is 18.0 Å². The fourth-order valence-corrected chi connectivity index (χ4v) is 3.46. The summed E-state index contributed by atoms with van der Waals surface area (Å²) in [5.41, 5.74) is 1.88. The number of fused-ring (bicyclic) bond motifs is 1. The van der Waals surface area contributed by atoms with Crippen molar-refractivity contribution >= 4 is 33.4 Å². The summed E-state index contributed by atoms with van der Waals surface area (Å²) < 4.78 is 0.855. The van der Waals surface area contributed by atoms with Crippen LogP contribution >= 0.6 is 15.9 Å². The van der Waals surface area contributed by atoms with Crippen LogP contribution in [0.3, 0.4) is 0 Å². The summed E-state index contributed by atoms with van der Waals surface area (Å²) in [6, 6.07) is 5.59. The van der Waals surface area contributed by atoms with Crippen molar-refractivity contribution < 1.29 is 9.59 Å². The van der Waals surface area contributed by atoms with Gasteiger partial charge in [0.25, 0.3) is 0 Å². The van der Waals surface area contributed by atoms with E-state index in [-0.39, 0.29) is 24.4 Å². The average Bonchev–Trinajstić information content (AvgIpc) is 2.46. The maximum atomic E-state index is 12.7. The normalized spacial score (nSPS) is 23.0. The van der Waals surface area contributed by atoms with Gasteiger partial charge in [-0.1, -0.05) is 6.07 Å². The Labute approximate surface area is 126 Å². The molecule has 0 saturated carbocycles. The third kappa shape index (κ3) is 2.24. The molecule has 2 aliphatic rings. The standard InChI is InChI=1S/C15H17BrN2O2/c1-10-5-6-11(16)13(8-10)18-9-14(19)17-7-3-2-4-12(17)15(18)20/h5-6,8,12H,2-4,7,9H2,1H3. The number of halogens is 1. The molecule has 3 rings (SSSR count). The van der Waals surface area contributed by atoms with Crippen LogP contribution in [0.15, 0.2) is 22.7 Å². The second-order valence-electron chi connectivity index (χ2n) is 5.48. The first-order valence-electron chi connectivity index (χ1n) is 6.95. The smallest absolute Gasteiger partial charge is 0.250 e. The van der Waals surface area contributed by atoms with E-state index in [0.29, 0.717) is 0 Å². The molecule has 2 amide bonds. The number of rotatable bonds is 1. The molecule has 1 aromatic carbocycles. The molecule has 1 atom stereocenters. The van der Waals surface area contributed by atoms with Gasteiger partial charge in [-0.05, 0) is 59.8 Å². The summed E-state index contributed by atoms with van der Waals surface area (Å²) in [6.07, 6.45) is 2.80. The van der Waals surface area contributed by atoms with E-state index in [0.717, 1.165) is 41.5 Å². The number of anilines is 1. The molecule has 20 heavy (non-hydrogen) atoms. The van der Waals surface area contributed by atoms with E-state index in [1.54, 1.807) is 9.80 Å². The lowest BCUT2D eigenvalue weighted by atomic mass is 9.98. The molecule has 106 valence electrons. The zero-order chi connectivity index (χ0) is 14.3. The van der Waals surface area contributed by atoms with Crippen LogP contribution in [0.4, 0.5) is 5.69 Å². The first-order chi connectivity index (χ1) is 9.58. The van der Waals surface area contributed by atoms with Crippen molar-refractivity contribution in [3.8, 4) is 0 Å². The SMILES string of the molecule is Cc1ccc(Br)c(N2CC(=O)N3CCCCC3C2=O)c1. The Hall–Kier alpha value is -1.36. The highest BCUT2D eigenvalue weighted by Crippen LogP contribution is 2.32. The molecule has 2 fully saturated rings. The van der Waals surface area contributed by atoms with Crippen LogP contribution in [0.2, 0.25) is 0 Å². The molecule has 2 aliphatic heterocycles. The lowest BCUT2D eigenvalue weighted by molar-refractivity contribution is -0.144. The van der Waals surface area contributed by atoms with Crippen molar-refractivity contribution in [2.45, 2.75) is 32.2 Å². The van der Waals surface area contributed by atoms with Gasteiger partial charge in [0.05, 0.1) is 5.69 Å². The van der Waals surface area contributed by atoms with Gasteiger partial charge >= 0.3 is 0 Å². The zero-order valence-corrected chi connectivity index (χ0v) is 13.0. The first-order valence-corrected chi connectivity index (χ1v) is 7.74. The Morgan fingerprint density at radius 3 is 2.85 bits per heavy atom. The van der Waals surface area contributed by atoms with Gasteiger partial charge in [0.1, 0.15) is 12.6 Å². The van der Waals surface area contributed by atoms with Gasteiger partial charge in [0.2, 0.25) is 11.8 Å². The van der Waals surface area contributed by atoms with E-state index < -0.39 is 0 Å². The molecule has 0 bridgehead atoms. The van der Waals surface area contributed by atoms with Crippen LogP contribution in [0.25, 0.3) is 0 Å². The van der Waals surface area contributed by atoms with E-state index in [9.17, 15) is 9.59 Å². The third-order valence-corrected chi connectivity index (χ3v) is 4.73. The predicted octanol–water partition coefficient (Wildman–Crippen LogP) is 2.49. The van der Waals surface area contributed by atoms with E-state index in [4.69, 9.17) is 0 Å². The quantitative estimate of drug-likeness (QED) is 0.790. The number of piperidine rings is 1. The maximum Gasteiger partial charge on any atom is 0.250 e. The maximum absolute atomic E-state index is 12.7. The van der Waals surface area contributed by atoms with Gasteiger partial charge < -0.3 is 9.80 Å². The molecule has 0 N–H and O–H groups in total. The largest absolute Gasteiger partial charge is 0.329 e. The average molecular weight is 337 g/mol. The van der Waals surface area contributed by atoms with Crippen molar-refractivity contribution in [3.05, 3.63) is 28.2 Å². The number of hydrogen-bond donors (Lipinski definition) is 0. The number of amides is 2. The second kappa shape index (κ2) is 5.20. The molecule has 2 heterocycles. The molecule has 4 nitrogen and oxygen atoms in total. The van der Waals surface area contributed by atoms with E-state index >= 15 is 0 Å². The van der Waals surface area contributed by atoms with Crippen LogP contribution < -0.4 is 4.90 Å². The molecule has 1 unspecified atom stereocenters. The van der Waals surface area contributed by atoms with E-state index in [2.05, 4.69) is 15.9 Å². The molecule has 0 radical (unpaired) electrons. The number of carbonyl (C=O) groups is 2. The van der Waals surface area contributed by atoms with Crippen molar-refractivity contribution in [1.29, 1.82) is 0 Å². The van der Waals surface area contributed by atoms with E-state index in [1.165, 1.54) is 0 Å². The summed E-state index contributed by atoms with van der Waals surface area (Å²) in [5, 5.41) is 0. The van der Waals surface area contributed by atoms with E-state index in [1.807, 2.05) is 25.1 Å². The zero-order valence-electron chi connectivity index (χ0n) is 11.4. The Morgan fingerprint density at radius 1 is 1.25 bits per heavy atom. The number of piperazine rings is 1. The minimum atomic E-state index is -0.266. The van der Waals surface area contributed by atoms with Crippen LogP contribution in [0.5, 0.6) is 0 Å². The number of nitrogens with zero attached hydrogens (tertiary/aromatic N) is 2. The molecular weight excluding hydrogens is 320 g/mol. The second-order valence-corrected chi connectivity index (χ2v) is 6.33. The van der Waals surface area contributed by atoms with Gasteiger partial charge in [0, 0.05) is 11.0 Å². The molecule has 2 saturated heterocycles. The molecular formula is C15H17BrN2O2. The van der Waals surface area contributed by atoms with Crippen molar-refractivity contribution in [3.63, 3.8) is 0 Å². The lowest BCUT2D eigenvalue weighted by Gasteiger charge is -2.43. The Bertz CT molecular complexity index is 573. The van der Waals surface area contributed by atoms with Gasteiger partial charge in [-0.15, -0.1) is 0 Å². The van der Waals surface area contributed by atoms with Gasteiger partial charge in [0.15, 0.2) is 0 Å². The Morgan fingerprint density at radius 2 is 2.05 bits per heavy atom. The highest BCUT2D eigenvalue weighted by molar-refractivity contribution is 9.10. The highest BCUT2D eigenvalue weighted by atomic mass is 79.9. The summed E-state index contributed by atoms with van der Waals surface area (Å²) in [7, 11) is 0. The Kier molecular flexibility index (Phi) is 3.54. The minimum absolute atomic E-state index is 0.0515. The molecule has 0 spiro atoms. The van der Waals surface area contributed by atoms with Gasteiger partial charge in [-0.3, -0.25) is 9.59 Å². The van der Waals surface area contributed by atoms with Crippen LogP contribution in [0.1, 0.15) is 24.8 Å². The van der Waals surface area contributed by atoms with Crippen molar-refractivity contribution in [1.82, 2.24) is 4.90 Å². The molecule has 0 aliphatic carbocycles. The predicted molar refractivity (Wildman–Crippen MR) is 80.6 cm³/mol. The van der Waals surface area contributed by atoms with Crippen LogP contribution in [-0.4, -0.2) is 35.8 Å². The fraction of sp³-hybridized carbons (Fsp3) is 0.467. The summed E-state index contributed by atoms with van der Waals surface area (Å²) in [4.78, 5) is 28.3. The van der Waals surface area contributed by atoms with Crippen LogP contribution in [0, 0.1) is 6.92 Å². The summed E-state index contributed by atoms with van der Waals surface area (Å²) in [6.45, 7) is 2.86. The molecule has 0 aromatic heterocycles. The first kappa shape index (κ1) is 13.6. The lowest BCUT2D eigenvalue weighted by Crippen LogP contribution is -2.61. The van der Waals surface area contributed by atoms with Gasteiger partial charge in [-0.2, -0.15) is 0 Å². The van der Waals surface area contributed by atoms with Crippen molar-refractivity contribution in [2.24, 2.45) is 0 Å². The number of hydrogen-bond acceptors (Lipinski definition) is 2. The molecule has 5 heteroatoms. The number of benzene rings is 1. The highest BCUT2D eigenvalue weighted by Gasteiger charge is 2.41. The summed E-state index contributed by atoms with van der Waals surface area (Å²) in [5.74, 6) is 0.110. The number of aryl methyl sites for hydroxylation is 1. The topological polar surface area (TPSA) is 40.6 Å². The summed E-state index contributed by atoms with van der Waals surface area (Å²) >= 11 is 3.48. The van der Waals surface area contributed by atoms with Crippen LogP contribution in [-0.2, 0) is 9.59 Å². The fourth-order valence-electron chi connectivity index (χ4n) is 3.00.